The maximum absolute atomic E-state index is 12.1. The highest BCUT2D eigenvalue weighted by Crippen LogP contribution is 2.21. The van der Waals surface area contributed by atoms with Gasteiger partial charge in [0.25, 0.3) is 5.91 Å². The van der Waals surface area contributed by atoms with Crippen LogP contribution in [0.15, 0.2) is 48.5 Å². The van der Waals surface area contributed by atoms with E-state index in [1.54, 1.807) is 24.3 Å². The first-order valence-corrected chi connectivity index (χ1v) is 9.70. The van der Waals surface area contributed by atoms with Gasteiger partial charge in [0.05, 0.1) is 12.2 Å². The van der Waals surface area contributed by atoms with Gasteiger partial charge in [0.1, 0.15) is 5.75 Å². The average molecular weight is 382 g/mol. The first-order chi connectivity index (χ1) is 13.7. The fourth-order valence-electron chi connectivity index (χ4n) is 3.17. The van der Waals surface area contributed by atoms with E-state index in [0.717, 1.165) is 13.1 Å². The Bertz CT molecular complexity index is 781. The third-order valence-electron chi connectivity index (χ3n) is 4.61. The van der Waals surface area contributed by atoms with Crippen LogP contribution in [0.25, 0.3) is 0 Å². The van der Waals surface area contributed by atoms with Crippen LogP contribution in [-0.2, 0) is 9.53 Å². The third-order valence-corrected chi connectivity index (χ3v) is 4.61. The summed E-state index contributed by atoms with van der Waals surface area (Å²) >= 11 is 0. The van der Waals surface area contributed by atoms with Crippen molar-refractivity contribution in [1.82, 2.24) is 0 Å². The highest BCUT2D eigenvalue weighted by Gasteiger charge is 2.12. The molecule has 0 unspecified atom stereocenters. The van der Waals surface area contributed by atoms with E-state index in [2.05, 4.69) is 10.2 Å². The zero-order chi connectivity index (χ0) is 19.8. The van der Waals surface area contributed by atoms with Gasteiger partial charge in [-0.3, -0.25) is 4.79 Å². The van der Waals surface area contributed by atoms with Gasteiger partial charge in [-0.15, -0.1) is 0 Å². The standard InChI is InChI=1S/C22H26N2O4/c1-2-27-20-12-6-17(7-13-20)22(26)28-16-21(25)23-18-8-10-19(11-9-18)24-14-4-3-5-15-24/h6-13H,2-5,14-16H2,1H3,(H,23,25). The number of ether oxygens (including phenoxy) is 2. The Balaban J connectivity index is 1.46. The number of carbonyl (C=O) groups excluding carboxylic acids is 2. The second-order valence-corrected chi connectivity index (χ2v) is 6.68. The van der Waals surface area contributed by atoms with Gasteiger partial charge in [-0.2, -0.15) is 0 Å². The molecule has 1 saturated heterocycles. The summed E-state index contributed by atoms with van der Waals surface area (Å²) in [5.41, 5.74) is 2.23. The van der Waals surface area contributed by atoms with Crippen LogP contribution in [-0.4, -0.2) is 38.2 Å². The minimum atomic E-state index is -0.543. The first kappa shape index (κ1) is 19.7. The maximum atomic E-state index is 12.1. The number of nitrogens with one attached hydrogen (secondary N) is 1. The van der Waals surface area contributed by atoms with Gasteiger partial charge in [-0.1, -0.05) is 0 Å². The number of anilines is 2. The normalized spacial score (nSPS) is 13.7. The van der Waals surface area contributed by atoms with E-state index in [0.29, 0.717) is 23.6 Å². The highest BCUT2D eigenvalue weighted by atomic mass is 16.5. The fourth-order valence-corrected chi connectivity index (χ4v) is 3.17. The molecule has 1 aliphatic heterocycles. The molecule has 6 heteroatoms. The van der Waals surface area contributed by atoms with Crippen molar-refractivity contribution in [3.8, 4) is 5.75 Å². The molecule has 0 spiro atoms. The number of esters is 1. The SMILES string of the molecule is CCOc1ccc(C(=O)OCC(=O)Nc2ccc(N3CCCCC3)cc2)cc1. The number of nitrogens with zero attached hydrogens (tertiary/aromatic N) is 1. The number of benzene rings is 2. The zero-order valence-corrected chi connectivity index (χ0v) is 16.1. The van der Waals surface area contributed by atoms with Crippen molar-refractivity contribution >= 4 is 23.3 Å². The molecule has 3 rings (SSSR count). The van der Waals surface area contributed by atoms with Crippen LogP contribution in [0.2, 0.25) is 0 Å². The van der Waals surface area contributed by atoms with Gasteiger partial charge in [-0.05, 0) is 74.7 Å². The molecule has 0 aliphatic carbocycles. The lowest BCUT2D eigenvalue weighted by Gasteiger charge is -2.28. The molecule has 1 heterocycles. The number of rotatable bonds is 7. The number of amides is 1. The van der Waals surface area contributed by atoms with Crippen LogP contribution in [0.5, 0.6) is 5.75 Å². The number of hydrogen-bond donors (Lipinski definition) is 1. The Morgan fingerprint density at radius 2 is 1.64 bits per heavy atom. The molecule has 6 nitrogen and oxygen atoms in total. The van der Waals surface area contributed by atoms with Gasteiger partial charge in [-0.25, -0.2) is 4.79 Å². The van der Waals surface area contributed by atoms with Crippen LogP contribution < -0.4 is 15.0 Å². The van der Waals surface area contributed by atoms with Gasteiger partial charge in [0.15, 0.2) is 6.61 Å². The minimum Gasteiger partial charge on any atom is -0.494 e. The Labute approximate surface area is 165 Å². The fraction of sp³-hybridized carbons (Fsp3) is 0.364. The molecule has 0 bridgehead atoms. The Morgan fingerprint density at radius 3 is 2.29 bits per heavy atom. The van der Waals surface area contributed by atoms with Gasteiger partial charge < -0.3 is 19.7 Å². The van der Waals surface area contributed by atoms with Crippen LogP contribution in [0, 0.1) is 0 Å². The minimum absolute atomic E-state index is 0.333. The predicted octanol–water partition coefficient (Wildman–Crippen LogP) is 3.87. The predicted molar refractivity (Wildman–Crippen MR) is 109 cm³/mol. The van der Waals surface area contributed by atoms with Crippen molar-refractivity contribution in [2.24, 2.45) is 0 Å². The summed E-state index contributed by atoms with van der Waals surface area (Å²) in [4.78, 5) is 26.5. The van der Waals surface area contributed by atoms with Crippen LogP contribution in [0.3, 0.4) is 0 Å². The molecule has 1 amide bonds. The van der Waals surface area contributed by atoms with Crippen molar-refractivity contribution in [1.29, 1.82) is 0 Å². The lowest BCUT2D eigenvalue weighted by Crippen LogP contribution is -2.29. The second kappa shape index (κ2) is 9.78. The molecule has 28 heavy (non-hydrogen) atoms. The molecule has 2 aromatic rings. The molecule has 1 aliphatic rings. The molecule has 0 atom stereocenters. The number of hydrogen-bond acceptors (Lipinski definition) is 5. The topological polar surface area (TPSA) is 67.9 Å². The van der Waals surface area contributed by atoms with E-state index in [-0.39, 0.29) is 12.5 Å². The van der Waals surface area contributed by atoms with Crippen molar-refractivity contribution in [3.63, 3.8) is 0 Å². The highest BCUT2D eigenvalue weighted by molar-refractivity contribution is 5.95. The van der Waals surface area contributed by atoms with E-state index in [1.165, 1.54) is 24.9 Å². The average Bonchev–Trinajstić information content (AvgIpc) is 2.74. The molecule has 0 saturated carbocycles. The van der Waals surface area contributed by atoms with Crippen LogP contribution >= 0.6 is 0 Å². The van der Waals surface area contributed by atoms with Crippen molar-refractivity contribution < 1.29 is 19.1 Å². The Hall–Kier alpha value is -3.02. The molecule has 1 N–H and O–H groups in total. The molecule has 148 valence electrons. The summed E-state index contributed by atoms with van der Waals surface area (Å²) < 4.78 is 10.4. The summed E-state index contributed by atoms with van der Waals surface area (Å²) in [6.07, 6.45) is 3.73. The lowest BCUT2D eigenvalue weighted by molar-refractivity contribution is -0.119. The van der Waals surface area contributed by atoms with Gasteiger partial charge in [0.2, 0.25) is 0 Å². The zero-order valence-electron chi connectivity index (χ0n) is 16.1. The molecule has 1 fully saturated rings. The molecule has 2 aromatic carbocycles. The van der Waals surface area contributed by atoms with E-state index in [9.17, 15) is 9.59 Å². The quantitative estimate of drug-likeness (QED) is 0.736. The molecule has 0 radical (unpaired) electrons. The van der Waals surface area contributed by atoms with E-state index in [4.69, 9.17) is 9.47 Å². The monoisotopic (exact) mass is 382 g/mol. The molecule has 0 aromatic heterocycles. The van der Waals surface area contributed by atoms with E-state index in [1.807, 2.05) is 31.2 Å². The summed E-state index contributed by atoms with van der Waals surface area (Å²) in [7, 11) is 0. The van der Waals surface area contributed by atoms with Crippen molar-refractivity contribution in [2.75, 3.05) is 36.5 Å². The van der Waals surface area contributed by atoms with Crippen LogP contribution in [0.4, 0.5) is 11.4 Å². The van der Waals surface area contributed by atoms with Gasteiger partial charge >= 0.3 is 5.97 Å². The van der Waals surface area contributed by atoms with E-state index < -0.39 is 5.97 Å². The Kier molecular flexibility index (Phi) is 6.89. The summed E-state index contributed by atoms with van der Waals surface area (Å²) in [6, 6.07) is 14.4. The summed E-state index contributed by atoms with van der Waals surface area (Å²) in [6.45, 7) is 4.27. The number of piperidine rings is 1. The van der Waals surface area contributed by atoms with E-state index >= 15 is 0 Å². The van der Waals surface area contributed by atoms with Crippen LogP contribution in [0.1, 0.15) is 36.5 Å². The maximum Gasteiger partial charge on any atom is 0.338 e. The smallest absolute Gasteiger partial charge is 0.338 e. The van der Waals surface area contributed by atoms with Crippen molar-refractivity contribution in [3.05, 3.63) is 54.1 Å². The summed E-state index contributed by atoms with van der Waals surface area (Å²) in [5.74, 6) is -0.228. The molecular weight excluding hydrogens is 356 g/mol. The lowest BCUT2D eigenvalue weighted by atomic mass is 10.1. The Morgan fingerprint density at radius 1 is 0.964 bits per heavy atom. The second-order valence-electron chi connectivity index (χ2n) is 6.68. The first-order valence-electron chi connectivity index (χ1n) is 9.70. The van der Waals surface area contributed by atoms with Crippen molar-refractivity contribution in [2.45, 2.75) is 26.2 Å². The van der Waals surface area contributed by atoms with Gasteiger partial charge in [0, 0.05) is 24.5 Å². The third kappa shape index (κ3) is 5.49. The largest absolute Gasteiger partial charge is 0.494 e. The number of carbonyl (C=O) groups is 2. The summed E-state index contributed by atoms with van der Waals surface area (Å²) in [5, 5.41) is 2.75. The molecular formula is C22H26N2O4.